The van der Waals surface area contributed by atoms with Crippen LogP contribution in [0, 0.1) is 5.92 Å². The average molecular weight is 338 g/mol. The van der Waals surface area contributed by atoms with Gasteiger partial charge in [0.25, 0.3) is 11.8 Å². The maximum absolute atomic E-state index is 13.1. The molecule has 0 radical (unpaired) electrons. The minimum Gasteiger partial charge on any atom is -0.285 e. The number of carbonyl (C=O) groups excluding carboxylic acids is 2. The molecule has 0 unspecified atom stereocenters. The lowest BCUT2D eigenvalue weighted by molar-refractivity contribution is -0.133. The molecule has 0 atom stereocenters. The van der Waals surface area contributed by atoms with Crippen LogP contribution in [0.4, 0.5) is 4.39 Å². The zero-order chi connectivity index (χ0) is 17.0. The number of amides is 2. The van der Waals surface area contributed by atoms with Gasteiger partial charge in [-0.25, -0.2) is 4.39 Å². The number of nitrogens with zero attached hydrogens (tertiary/aromatic N) is 2. The second kappa shape index (κ2) is 7.81. The minimum atomic E-state index is -0.684. The van der Waals surface area contributed by atoms with Crippen LogP contribution in [0.15, 0.2) is 23.8 Å². The van der Waals surface area contributed by atoms with E-state index in [0.29, 0.717) is 31.8 Å². The van der Waals surface area contributed by atoms with Gasteiger partial charge in [-0.2, -0.15) is 0 Å². The molecule has 0 aromatic rings. The summed E-state index contributed by atoms with van der Waals surface area (Å²) in [5, 5.41) is 0.271. The summed E-state index contributed by atoms with van der Waals surface area (Å²) < 4.78 is 13.1. The van der Waals surface area contributed by atoms with Crippen molar-refractivity contribution in [3.05, 3.63) is 23.8 Å². The van der Waals surface area contributed by atoms with Gasteiger partial charge in [-0.1, -0.05) is 12.2 Å². The van der Waals surface area contributed by atoms with E-state index in [1.54, 1.807) is 12.2 Å². The van der Waals surface area contributed by atoms with Crippen molar-refractivity contribution in [3.63, 3.8) is 0 Å². The molecule has 0 spiro atoms. The van der Waals surface area contributed by atoms with Crippen molar-refractivity contribution in [2.45, 2.75) is 45.7 Å². The topological polar surface area (TPSA) is 40.6 Å². The van der Waals surface area contributed by atoms with E-state index >= 15 is 0 Å². The highest BCUT2D eigenvalue weighted by atomic mass is 32.1. The van der Waals surface area contributed by atoms with Gasteiger partial charge in [0.2, 0.25) is 0 Å². The summed E-state index contributed by atoms with van der Waals surface area (Å²) in [5.74, 6) is -0.369. The smallest absolute Gasteiger partial charge is 0.265 e. The Morgan fingerprint density at radius 3 is 2.09 bits per heavy atom. The molecule has 0 N–H and O–H groups in total. The number of likely N-dealkylation sites (N-methyl/N-ethyl adjacent to an activating group) is 2. The lowest BCUT2D eigenvalue weighted by Crippen LogP contribution is -2.55. The number of halogens is 1. The third-order valence-corrected chi connectivity index (χ3v) is 4.83. The van der Waals surface area contributed by atoms with Gasteiger partial charge >= 0.3 is 0 Å². The summed E-state index contributed by atoms with van der Waals surface area (Å²) in [5.41, 5.74) is 0.137. The fourth-order valence-electron chi connectivity index (χ4n) is 2.98. The number of alkyl halides is 1. The first-order chi connectivity index (χ1) is 11.0. The second-order valence-electron chi connectivity index (χ2n) is 5.86. The summed E-state index contributed by atoms with van der Waals surface area (Å²) >= 11 is 5.21. The Kier molecular flexibility index (Phi) is 6.04. The molecule has 4 nitrogen and oxygen atoms in total. The summed E-state index contributed by atoms with van der Waals surface area (Å²) in [4.78, 5) is 27.7. The van der Waals surface area contributed by atoms with Gasteiger partial charge in [0.15, 0.2) is 5.11 Å². The van der Waals surface area contributed by atoms with Crippen LogP contribution in [0.2, 0.25) is 0 Å². The van der Waals surface area contributed by atoms with Crippen LogP contribution in [-0.4, -0.2) is 46.0 Å². The Balaban J connectivity index is 2.13. The van der Waals surface area contributed by atoms with E-state index in [9.17, 15) is 14.0 Å². The zero-order valence-corrected chi connectivity index (χ0v) is 14.4. The van der Waals surface area contributed by atoms with E-state index in [-0.39, 0.29) is 22.5 Å². The number of carbonyl (C=O) groups is 2. The SMILES string of the molecule is CCN1C(=O)C(=C/C=C/C2CCC(F)CC2)C(=O)N(CC)C1=S. The predicted molar refractivity (Wildman–Crippen MR) is 91.4 cm³/mol. The molecule has 1 aliphatic heterocycles. The molecular weight excluding hydrogens is 315 g/mol. The van der Waals surface area contributed by atoms with Crippen LogP contribution in [0.5, 0.6) is 0 Å². The Hall–Kier alpha value is -1.56. The summed E-state index contributed by atoms with van der Waals surface area (Å²) in [6, 6.07) is 0. The molecule has 1 saturated heterocycles. The van der Waals surface area contributed by atoms with Gasteiger partial charge in [-0.15, -0.1) is 0 Å². The lowest BCUT2D eigenvalue weighted by Gasteiger charge is -2.35. The van der Waals surface area contributed by atoms with Gasteiger partial charge in [0, 0.05) is 13.1 Å². The van der Waals surface area contributed by atoms with Crippen molar-refractivity contribution < 1.29 is 14.0 Å². The monoisotopic (exact) mass is 338 g/mol. The Labute approximate surface area is 142 Å². The molecule has 1 heterocycles. The van der Waals surface area contributed by atoms with Crippen LogP contribution in [0.25, 0.3) is 0 Å². The van der Waals surface area contributed by atoms with Crippen molar-refractivity contribution >= 4 is 29.1 Å². The van der Waals surface area contributed by atoms with Crippen molar-refractivity contribution in [1.29, 1.82) is 0 Å². The number of hydrogen-bond acceptors (Lipinski definition) is 3. The highest BCUT2D eigenvalue weighted by molar-refractivity contribution is 7.80. The molecule has 0 bridgehead atoms. The molecule has 0 aromatic heterocycles. The van der Waals surface area contributed by atoms with E-state index in [2.05, 4.69) is 0 Å². The summed E-state index contributed by atoms with van der Waals surface area (Å²) in [6.45, 7) is 4.53. The normalized spacial score (nSPS) is 26.4. The van der Waals surface area contributed by atoms with Crippen molar-refractivity contribution in [2.75, 3.05) is 13.1 Å². The Bertz CT molecular complexity index is 523. The first-order valence-electron chi connectivity index (χ1n) is 8.19. The molecule has 6 heteroatoms. The quantitative estimate of drug-likeness (QED) is 0.449. The van der Waals surface area contributed by atoms with Gasteiger partial charge in [0.1, 0.15) is 11.7 Å². The van der Waals surface area contributed by atoms with Crippen LogP contribution < -0.4 is 0 Å². The van der Waals surface area contributed by atoms with E-state index in [1.165, 1.54) is 9.80 Å². The highest BCUT2D eigenvalue weighted by Crippen LogP contribution is 2.27. The first-order valence-corrected chi connectivity index (χ1v) is 8.60. The van der Waals surface area contributed by atoms with Gasteiger partial charge in [0.05, 0.1) is 0 Å². The molecule has 2 aliphatic rings. The molecule has 23 heavy (non-hydrogen) atoms. The molecule has 2 rings (SSSR count). The minimum absolute atomic E-state index is 0.137. The number of rotatable bonds is 4. The van der Waals surface area contributed by atoms with Crippen LogP contribution in [-0.2, 0) is 9.59 Å². The third kappa shape index (κ3) is 3.86. The number of hydrogen-bond donors (Lipinski definition) is 0. The van der Waals surface area contributed by atoms with Gasteiger partial charge in [-0.3, -0.25) is 19.4 Å². The van der Waals surface area contributed by atoms with E-state index in [1.807, 2.05) is 19.9 Å². The van der Waals surface area contributed by atoms with Gasteiger partial charge < -0.3 is 0 Å². The number of allylic oxidation sites excluding steroid dienone is 3. The van der Waals surface area contributed by atoms with E-state index in [0.717, 1.165) is 12.8 Å². The standard InChI is InChI=1S/C17H23FN2O2S/c1-3-19-15(21)14(16(22)20(4-2)17(19)23)7-5-6-12-8-10-13(18)11-9-12/h5-7,12-13H,3-4,8-11H2,1-2H3/b6-5+. The zero-order valence-electron chi connectivity index (χ0n) is 13.6. The fourth-order valence-corrected chi connectivity index (χ4v) is 3.41. The van der Waals surface area contributed by atoms with Crippen LogP contribution >= 0.6 is 12.2 Å². The molecule has 2 amide bonds. The average Bonchev–Trinajstić information content (AvgIpc) is 2.53. The molecule has 1 saturated carbocycles. The van der Waals surface area contributed by atoms with Crippen molar-refractivity contribution in [1.82, 2.24) is 9.80 Å². The predicted octanol–water partition coefficient (Wildman–Crippen LogP) is 2.99. The van der Waals surface area contributed by atoms with Gasteiger partial charge in [-0.05, 0) is 63.7 Å². The maximum atomic E-state index is 13.1. The van der Waals surface area contributed by atoms with Crippen LogP contribution in [0.1, 0.15) is 39.5 Å². The molecule has 2 fully saturated rings. The molecule has 0 aromatic carbocycles. The second-order valence-corrected chi connectivity index (χ2v) is 6.22. The van der Waals surface area contributed by atoms with Crippen molar-refractivity contribution in [3.8, 4) is 0 Å². The highest BCUT2D eigenvalue weighted by Gasteiger charge is 2.37. The molecule has 126 valence electrons. The molecular formula is C17H23FN2O2S. The maximum Gasteiger partial charge on any atom is 0.265 e. The summed E-state index contributed by atoms with van der Waals surface area (Å²) in [6.07, 6.45) is 7.42. The largest absolute Gasteiger partial charge is 0.285 e. The number of thiocarbonyl (C=S) groups is 1. The first kappa shape index (κ1) is 17.8. The van der Waals surface area contributed by atoms with E-state index < -0.39 is 6.17 Å². The third-order valence-electron chi connectivity index (χ3n) is 4.39. The van der Waals surface area contributed by atoms with E-state index in [4.69, 9.17) is 12.2 Å². The molecule has 1 aliphatic carbocycles. The van der Waals surface area contributed by atoms with Crippen LogP contribution in [0.3, 0.4) is 0 Å². The lowest BCUT2D eigenvalue weighted by atomic mass is 9.88. The van der Waals surface area contributed by atoms with Crippen molar-refractivity contribution in [2.24, 2.45) is 5.92 Å². The summed E-state index contributed by atoms with van der Waals surface area (Å²) in [7, 11) is 0. The fraction of sp³-hybridized carbons (Fsp3) is 0.588. The Morgan fingerprint density at radius 2 is 1.61 bits per heavy atom. The Morgan fingerprint density at radius 1 is 1.09 bits per heavy atom.